The van der Waals surface area contributed by atoms with Gasteiger partial charge in [-0.3, -0.25) is 28.8 Å². The number of unbranched alkanes of at least 4 members (excludes halogenated alkanes) is 3. The maximum atomic E-state index is 14.1. The minimum atomic E-state index is -1.49. The summed E-state index contributed by atoms with van der Waals surface area (Å²) in [4.78, 5) is 81.8. The van der Waals surface area contributed by atoms with Crippen LogP contribution in [-0.2, 0) is 80.0 Å². The third-order valence-electron chi connectivity index (χ3n) is 16.6. The predicted molar refractivity (Wildman–Crippen MR) is 342 cm³/mol. The molecular formula is C59H112N6O29P2. The molecule has 37 heteroatoms. The minimum Gasteiger partial charge on any atom is -0.412 e. The van der Waals surface area contributed by atoms with Gasteiger partial charge in [0.05, 0.1) is 69.0 Å². The molecule has 23 atom stereocenters. The Morgan fingerprint density at radius 3 is 1.19 bits per heavy atom. The van der Waals surface area contributed by atoms with Gasteiger partial charge in [0.1, 0.15) is 79.3 Å². The van der Waals surface area contributed by atoms with E-state index in [2.05, 4.69) is 16.0 Å². The van der Waals surface area contributed by atoms with Crippen LogP contribution in [0.2, 0.25) is 0 Å². The van der Waals surface area contributed by atoms with Crippen molar-refractivity contribution >= 4 is 53.5 Å². The quantitative estimate of drug-likeness (QED) is 0.0211. The summed E-state index contributed by atoms with van der Waals surface area (Å²) in [6.45, 7) is 8.10. The van der Waals surface area contributed by atoms with Gasteiger partial charge in [0.15, 0.2) is 36.9 Å². The number of amides is 6. The molecule has 0 spiro atoms. The summed E-state index contributed by atoms with van der Waals surface area (Å²) < 4.78 is 65.5. The van der Waals surface area contributed by atoms with Gasteiger partial charge in [-0.25, -0.2) is 0 Å². The lowest BCUT2D eigenvalue weighted by molar-refractivity contribution is -0.270. The number of nitrogens with zero attached hydrogens (tertiary/aromatic N) is 3. The Bertz CT molecular complexity index is 2310. The van der Waals surface area contributed by atoms with Gasteiger partial charge < -0.3 is 144 Å². The van der Waals surface area contributed by atoms with Crippen molar-refractivity contribution in [2.24, 2.45) is 0 Å². The lowest BCUT2D eigenvalue weighted by atomic mass is 9.97. The molecule has 17 N–H and O–H groups in total. The highest BCUT2D eigenvalue weighted by Crippen LogP contribution is 2.36. The predicted octanol–water partition coefficient (Wildman–Crippen LogP) is -4.24. The lowest BCUT2D eigenvalue weighted by Gasteiger charge is -2.42. The van der Waals surface area contributed by atoms with Crippen molar-refractivity contribution in [2.45, 2.75) is 268 Å². The number of hydrogen-bond donors (Lipinski definition) is 13. The number of ether oxygens (including phenoxy) is 7. The number of aliphatic hydroxyl groups is 10. The zero-order valence-corrected chi connectivity index (χ0v) is 56.1. The van der Waals surface area contributed by atoms with Crippen LogP contribution in [0.4, 0.5) is 0 Å². The molecule has 6 aliphatic rings. The van der Waals surface area contributed by atoms with E-state index in [4.69, 9.17) is 51.3 Å². The molecular weight excluding hydrogens is 1320 g/mol. The van der Waals surface area contributed by atoms with Gasteiger partial charge in [0, 0.05) is 85.9 Å². The van der Waals surface area contributed by atoms with Crippen LogP contribution >= 0.6 is 18.1 Å². The molecule has 0 aromatic carbocycles. The van der Waals surface area contributed by atoms with E-state index in [0.29, 0.717) is 57.8 Å². The van der Waals surface area contributed by atoms with E-state index in [1.54, 1.807) is 14.7 Å². The second-order valence-electron chi connectivity index (χ2n) is 25.0. The summed E-state index contributed by atoms with van der Waals surface area (Å²) in [6.07, 6.45) is -14.5. The number of carbonyl (C=O) groups excluding carboxylic acids is 6. The highest BCUT2D eigenvalue weighted by Gasteiger charge is 2.49. The van der Waals surface area contributed by atoms with Crippen LogP contribution in [0.5, 0.6) is 0 Å². The number of likely N-dealkylation sites (tertiary alicyclic amines) is 3. The van der Waals surface area contributed by atoms with E-state index >= 15 is 0 Å². The van der Waals surface area contributed by atoms with E-state index < -0.39 is 184 Å². The van der Waals surface area contributed by atoms with E-state index in [-0.39, 0.29) is 122 Å². The fourth-order valence-corrected chi connectivity index (χ4v) is 13.3. The summed E-state index contributed by atoms with van der Waals surface area (Å²) in [5.41, 5.74) is -0.534. The van der Waals surface area contributed by atoms with Crippen molar-refractivity contribution in [2.75, 3.05) is 72.5 Å². The van der Waals surface area contributed by atoms with Crippen LogP contribution in [0.3, 0.4) is 0 Å². The zero-order chi connectivity index (χ0) is 67.4. The SMILES string of the molecule is C.C.CC(=O)NC1C(OCCCCC(=O)N2C[C@H](OPOC[C@@H]3C[C@@H](OPO[C@@H]4C[C@@H](OC(C)(C)C)CN4C(=O)CCCCOC4OC(CO)C(O)C(O)C4NC(C)=O)CN3C(=O)CCCCOC3OC(CO)C(O)C(O)C3NC(C)=O)C[C@H]2CO)OC(CO)C(O)C1O.O.O. The molecule has 6 saturated heterocycles. The first-order valence-electron chi connectivity index (χ1n) is 31.6. The smallest absolute Gasteiger partial charge is 0.224 e. The Morgan fingerprint density at radius 2 is 0.823 bits per heavy atom. The maximum absolute atomic E-state index is 14.1. The molecule has 6 heterocycles. The van der Waals surface area contributed by atoms with Crippen LogP contribution in [0.1, 0.15) is 133 Å². The fraction of sp³-hybridized carbons (Fsp3) is 0.898. The Labute approximate surface area is 564 Å². The van der Waals surface area contributed by atoms with Crippen LogP contribution in [0.15, 0.2) is 0 Å². The molecule has 6 aliphatic heterocycles. The molecule has 96 heavy (non-hydrogen) atoms. The molecule has 562 valence electrons. The van der Waals surface area contributed by atoms with Crippen LogP contribution in [0.25, 0.3) is 0 Å². The van der Waals surface area contributed by atoms with Crippen molar-refractivity contribution < 1.29 is 142 Å². The van der Waals surface area contributed by atoms with E-state index in [1.807, 2.05) is 20.8 Å². The number of rotatable bonds is 35. The first-order valence-corrected chi connectivity index (χ1v) is 33.2. The zero-order valence-electron chi connectivity index (χ0n) is 54.1. The van der Waals surface area contributed by atoms with Crippen LogP contribution in [0, 0.1) is 0 Å². The molecule has 6 fully saturated rings. The van der Waals surface area contributed by atoms with Crippen molar-refractivity contribution in [3.8, 4) is 0 Å². The maximum Gasteiger partial charge on any atom is 0.224 e. The van der Waals surface area contributed by atoms with E-state index in [0.717, 1.165) is 0 Å². The number of nitrogens with one attached hydrogen (secondary N) is 3. The molecule has 6 amide bonds. The van der Waals surface area contributed by atoms with E-state index in [9.17, 15) is 79.8 Å². The summed E-state index contributed by atoms with van der Waals surface area (Å²) in [5.74, 6) is -2.15. The second kappa shape index (κ2) is 43.5. The lowest BCUT2D eigenvalue weighted by Crippen LogP contribution is -2.64. The van der Waals surface area contributed by atoms with Gasteiger partial charge in [-0.1, -0.05) is 14.9 Å². The molecule has 17 unspecified atom stereocenters. The Morgan fingerprint density at radius 1 is 0.469 bits per heavy atom. The molecule has 35 nitrogen and oxygen atoms in total. The number of hydrogen-bond acceptors (Lipinski definition) is 27. The molecule has 0 aromatic rings. The summed E-state index contributed by atoms with van der Waals surface area (Å²) in [7, 11) is -1.08. The van der Waals surface area contributed by atoms with Crippen molar-refractivity contribution in [3.05, 3.63) is 0 Å². The van der Waals surface area contributed by atoms with Crippen LogP contribution in [-0.4, -0.2) is 319 Å². The fourth-order valence-electron chi connectivity index (χ4n) is 12.0. The molecule has 0 saturated carbocycles. The summed E-state index contributed by atoms with van der Waals surface area (Å²) >= 11 is 0. The Balaban J connectivity index is 0.00000784. The number of aliphatic hydroxyl groups excluding tert-OH is 10. The van der Waals surface area contributed by atoms with Gasteiger partial charge >= 0.3 is 0 Å². The Kier molecular flexibility index (Phi) is 40.3. The minimum absolute atomic E-state index is 0. The summed E-state index contributed by atoms with van der Waals surface area (Å²) in [5, 5.41) is 110. The highest BCUT2D eigenvalue weighted by molar-refractivity contribution is 7.26. The standard InChI is InChI=1S/C57H100N6O27P2.2CH4.2H2O/c1-30(68)58-45-51(77)48(74)38(26-65)84-54(45)80-16-10-7-13-41(71)61-23-36(19-33(61)25-64)88-91-83-29-34-20-37(24-62(34)42(72)14-8-11-17-81-55-46(59-31(2)69)52(78)49(75)39(27-66)85-55)89-92-90-44-21-35(87-57(4,5)6)22-63(44)43(73)15-9-12-18-82-56-47(60-32(3)70)53(79)50(76)40(28-67)86-56;;;;/h33-40,44-56,64-67,74-79,91-92H,7-29H2,1-6H3,(H,58,68)(H,59,69)(H,60,70);2*1H4;2*1H2/t33-,34-,35+,36+,37+,38?,39?,40?,44+,45?,46?,47?,48?,49?,50?,51?,52?,53?,54?,55?,56?;;;;/m0..../s1. The Hall–Kier alpha value is -3.24. The second-order valence-corrected chi connectivity index (χ2v) is 26.3. The van der Waals surface area contributed by atoms with Gasteiger partial charge in [0.25, 0.3) is 0 Å². The average Bonchev–Trinajstić information content (AvgIpc) is 1.37. The van der Waals surface area contributed by atoms with Crippen LogP contribution < -0.4 is 16.0 Å². The van der Waals surface area contributed by atoms with E-state index in [1.165, 1.54) is 20.8 Å². The third kappa shape index (κ3) is 26.3. The monoisotopic (exact) mass is 1430 g/mol. The van der Waals surface area contributed by atoms with Gasteiger partial charge in [-0.15, -0.1) is 0 Å². The molecule has 0 bridgehead atoms. The molecule has 0 radical (unpaired) electrons. The van der Waals surface area contributed by atoms with Gasteiger partial charge in [0.2, 0.25) is 35.4 Å². The first-order chi connectivity index (χ1) is 43.8. The highest BCUT2D eigenvalue weighted by atomic mass is 31.1. The number of carbonyl (C=O) groups is 6. The average molecular weight is 1430 g/mol. The van der Waals surface area contributed by atoms with Crippen molar-refractivity contribution in [3.63, 3.8) is 0 Å². The largest absolute Gasteiger partial charge is 0.412 e. The summed E-state index contributed by atoms with van der Waals surface area (Å²) in [6, 6.07) is -4.35. The first kappa shape index (κ1) is 88.8. The third-order valence-corrected chi connectivity index (χ3v) is 18.1. The molecule has 0 aromatic heterocycles. The van der Waals surface area contributed by atoms with Crippen molar-refractivity contribution in [1.29, 1.82) is 0 Å². The van der Waals surface area contributed by atoms with Gasteiger partial charge in [-0.2, -0.15) is 0 Å². The van der Waals surface area contributed by atoms with Crippen molar-refractivity contribution in [1.82, 2.24) is 30.7 Å². The normalized spacial score (nSPS) is 33.1. The molecule has 0 aliphatic carbocycles. The van der Waals surface area contributed by atoms with Gasteiger partial charge in [-0.05, 0) is 72.1 Å². The molecule has 6 rings (SSSR count). The topological polar surface area (TPSA) is 515 Å².